The molecule has 3 aromatic carbocycles. The van der Waals surface area contributed by atoms with Crippen LogP contribution in [0.25, 0.3) is 10.9 Å². The molecule has 0 saturated carbocycles. The van der Waals surface area contributed by atoms with Gasteiger partial charge in [-0.05, 0) is 60.2 Å². The maximum absolute atomic E-state index is 12.6. The zero-order valence-electron chi connectivity index (χ0n) is 17.7. The van der Waals surface area contributed by atoms with E-state index in [0.29, 0.717) is 18.2 Å². The summed E-state index contributed by atoms with van der Waals surface area (Å²) in [4.78, 5) is 16.2. The number of hydrogen-bond acceptors (Lipinski definition) is 3. The van der Waals surface area contributed by atoms with E-state index < -0.39 is 0 Å². The fourth-order valence-electron chi connectivity index (χ4n) is 5.32. The quantitative estimate of drug-likeness (QED) is 0.394. The highest BCUT2D eigenvalue weighted by Crippen LogP contribution is 2.38. The van der Waals surface area contributed by atoms with Crippen molar-refractivity contribution in [1.82, 2.24) is 15.6 Å². The second-order valence-electron chi connectivity index (χ2n) is 8.83. The van der Waals surface area contributed by atoms with Crippen LogP contribution in [-0.2, 0) is 19.4 Å². The van der Waals surface area contributed by atoms with Gasteiger partial charge in [0.15, 0.2) is 0 Å². The Kier molecular flexibility index (Phi) is 4.51. The number of carbonyl (C=O) groups excluding carboxylic acids is 1. The van der Waals surface area contributed by atoms with Crippen molar-refractivity contribution in [3.63, 3.8) is 0 Å². The standard InChI is InChI=1S/C27H25N3O2/c31-19-11-12-20-22(14-19)26(30-27(20)32)25-21-7-3-4-8-23(21)29-24(25)15-28-18-10-9-16-5-1-2-6-17(16)13-18/h1-8,11-12,14,18,26,28-29,31H,9-10,13,15H2,(H,30,32)/t18-,26?/m1/s1. The van der Waals surface area contributed by atoms with E-state index in [1.54, 1.807) is 18.2 Å². The van der Waals surface area contributed by atoms with Crippen molar-refractivity contribution in [1.29, 1.82) is 0 Å². The van der Waals surface area contributed by atoms with Gasteiger partial charge in [0.25, 0.3) is 5.91 Å². The predicted molar refractivity (Wildman–Crippen MR) is 125 cm³/mol. The number of aromatic nitrogens is 1. The van der Waals surface area contributed by atoms with Gasteiger partial charge in [-0.3, -0.25) is 4.79 Å². The summed E-state index contributed by atoms with van der Waals surface area (Å²) in [5.74, 6) is 0.0729. The van der Waals surface area contributed by atoms with Gasteiger partial charge in [0.2, 0.25) is 0 Å². The number of aromatic amines is 1. The van der Waals surface area contributed by atoms with E-state index in [4.69, 9.17) is 0 Å². The van der Waals surface area contributed by atoms with Crippen molar-refractivity contribution < 1.29 is 9.90 Å². The molecular formula is C27H25N3O2. The average molecular weight is 424 g/mol. The smallest absolute Gasteiger partial charge is 0.252 e. The van der Waals surface area contributed by atoms with Crippen LogP contribution in [0.3, 0.4) is 0 Å². The molecule has 6 rings (SSSR count). The number of para-hydroxylation sites is 1. The number of aryl methyl sites for hydroxylation is 1. The Balaban J connectivity index is 1.34. The minimum Gasteiger partial charge on any atom is -0.508 e. The Bertz CT molecular complexity index is 1340. The molecule has 1 aliphatic heterocycles. The van der Waals surface area contributed by atoms with Crippen LogP contribution in [0.2, 0.25) is 0 Å². The molecule has 0 fully saturated rings. The summed E-state index contributed by atoms with van der Waals surface area (Å²) in [6.07, 6.45) is 3.24. The summed E-state index contributed by atoms with van der Waals surface area (Å²) in [5, 5.41) is 18.1. The number of fused-ring (bicyclic) bond motifs is 3. The molecule has 0 saturated heterocycles. The number of H-pyrrole nitrogens is 1. The maximum Gasteiger partial charge on any atom is 0.252 e. The molecule has 1 aromatic heterocycles. The molecule has 160 valence electrons. The Morgan fingerprint density at radius 3 is 2.72 bits per heavy atom. The van der Waals surface area contributed by atoms with E-state index in [0.717, 1.165) is 47.0 Å². The van der Waals surface area contributed by atoms with Gasteiger partial charge in [-0.1, -0.05) is 42.5 Å². The Morgan fingerprint density at radius 1 is 1.00 bits per heavy atom. The van der Waals surface area contributed by atoms with E-state index in [2.05, 4.69) is 52.0 Å². The summed E-state index contributed by atoms with van der Waals surface area (Å²) < 4.78 is 0. The Morgan fingerprint density at radius 2 is 1.81 bits per heavy atom. The van der Waals surface area contributed by atoms with Crippen molar-refractivity contribution >= 4 is 16.8 Å². The SMILES string of the molecule is O=C1NC(c2c(CN[C@@H]3CCc4ccccc4C3)[nH]c3ccccc23)c2cc(O)ccc21. The molecule has 0 bridgehead atoms. The molecule has 1 amide bonds. The number of hydrogen-bond donors (Lipinski definition) is 4. The fraction of sp³-hybridized carbons (Fsp3) is 0.222. The molecular weight excluding hydrogens is 398 g/mol. The highest BCUT2D eigenvalue weighted by atomic mass is 16.3. The monoisotopic (exact) mass is 423 g/mol. The first kappa shape index (κ1) is 19.1. The Labute approximate surface area is 186 Å². The van der Waals surface area contributed by atoms with Gasteiger partial charge in [-0.15, -0.1) is 0 Å². The minimum atomic E-state index is -0.287. The third-order valence-corrected chi connectivity index (χ3v) is 6.90. The van der Waals surface area contributed by atoms with Crippen molar-refractivity contribution in [2.45, 2.75) is 37.9 Å². The number of benzene rings is 3. The molecule has 2 aliphatic rings. The van der Waals surface area contributed by atoms with Crippen LogP contribution >= 0.6 is 0 Å². The molecule has 0 radical (unpaired) electrons. The summed E-state index contributed by atoms with van der Waals surface area (Å²) in [6.45, 7) is 0.692. The average Bonchev–Trinajstić information content (AvgIpc) is 3.34. The molecule has 32 heavy (non-hydrogen) atoms. The van der Waals surface area contributed by atoms with Gasteiger partial charge in [0.1, 0.15) is 5.75 Å². The summed E-state index contributed by atoms with van der Waals surface area (Å²) in [5.41, 5.74) is 7.54. The largest absolute Gasteiger partial charge is 0.508 e. The molecule has 1 unspecified atom stereocenters. The number of phenols is 1. The summed E-state index contributed by atoms with van der Waals surface area (Å²) >= 11 is 0. The highest BCUT2D eigenvalue weighted by molar-refractivity contribution is 6.01. The minimum absolute atomic E-state index is 0.0990. The lowest BCUT2D eigenvalue weighted by atomic mass is 9.88. The predicted octanol–water partition coefficient (Wildman–Crippen LogP) is 4.35. The molecule has 2 heterocycles. The third-order valence-electron chi connectivity index (χ3n) is 6.90. The van der Waals surface area contributed by atoms with E-state index in [1.165, 1.54) is 11.1 Å². The summed E-state index contributed by atoms with van der Waals surface area (Å²) in [7, 11) is 0. The lowest BCUT2D eigenvalue weighted by molar-refractivity contribution is 0.0960. The second-order valence-corrected chi connectivity index (χ2v) is 8.83. The number of carbonyl (C=O) groups is 1. The number of nitrogens with one attached hydrogen (secondary N) is 3. The van der Waals surface area contributed by atoms with E-state index in [1.807, 2.05) is 12.1 Å². The molecule has 4 N–H and O–H groups in total. The van der Waals surface area contributed by atoms with Gasteiger partial charge in [-0.25, -0.2) is 0 Å². The van der Waals surface area contributed by atoms with E-state index in [-0.39, 0.29) is 17.7 Å². The third kappa shape index (κ3) is 3.17. The van der Waals surface area contributed by atoms with Crippen molar-refractivity contribution in [2.24, 2.45) is 0 Å². The molecule has 5 nitrogen and oxygen atoms in total. The van der Waals surface area contributed by atoms with Crippen molar-refractivity contribution in [3.05, 3.63) is 100 Å². The van der Waals surface area contributed by atoms with Gasteiger partial charge in [0.05, 0.1) is 6.04 Å². The molecule has 2 atom stereocenters. The molecule has 5 heteroatoms. The summed E-state index contributed by atoms with van der Waals surface area (Å²) in [6, 6.07) is 22.0. The first-order valence-corrected chi connectivity index (χ1v) is 11.2. The van der Waals surface area contributed by atoms with Gasteiger partial charge >= 0.3 is 0 Å². The van der Waals surface area contributed by atoms with E-state index >= 15 is 0 Å². The fourth-order valence-corrected chi connectivity index (χ4v) is 5.32. The molecule has 4 aromatic rings. The number of amides is 1. The van der Waals surface area contributed by atoms with Crippen molar-refractivity contribution in [3.8, 4) is 5.75 Å². The Hall–Kier alpha value is -3.57. The highest BCUT2D eigenvalue weighted by Gasteiger charge is 2.33. The normalized spacial score (nSPS) is 19.6. The van der Waals surface area contributed by atoms with Crippen LogP contribution in [0.5, 0.6) is 5.75 Å². The van der Waals surface area contributed by atoms with Crippen molar-refractivity contribution in [2.75, 3.05) is 0 Å². The maximum atomic E-state index is 12.6. The van der Waals surface area contributed by atoms with Crippen LogP contribution < -0.4 is 10.6 Å². The van der Waals surface area contributed by atoms with E-state index in [9.17, 15) is 9.90 Å². The van der Waals surface area contributed by atoms with Crippen LogP contribution in [0.1, 0.15) is 50.8 Å². The zero-order valence-corrected chi connectivity index (χ0v) is 17.7. The van der Waals surface area contributed by atoms with Crippen LogP contribution in [0.4, 0.5) is 0 Å². The molecule has 1 aliphatic carbocycles. The lowest BCUT2D eigenvalue weighted by Crippen LogP contribution is -2.34. The van der Waals surface area contributed by atoms with Gasteiger partial charge < -0.3 is 20.7 Å². The number of phenolic OH excluding ortho intramolecular Hbond substituents is 1. The second kappa shape index (κ2) is 7.53. The molecule has 0 spiro atoms. The van der Waals surface area contributed by atoms with Crippen LogP contribution in [0.15, 0.2) is 66.7 Å². The number of aromatic hydroxyl groups is 1. The number of rotatable bonds is 4. The first-order chi connectivity index (χ1) is 15.7. The first-order valence-electron chi connectivity index (χ1n) is 11.2. The van der Waals surface area contributed by atoms with Gasteiger partial charge in [0, 0.05) is 40.3 Å². The van der Waals surface area contributed by atoms with Gasteiger partial charge in [-0.2, -0.15) is 0 Å². The van der Waals surface area contributed by atoms with Crippen LogP contribution in [0, 0.1) is 0 Å². The van der Waals surface area contributed by atoms with Crippen LogP contribution in [-0.4, -0.2) is 22.0 Å². The lowest BCUT2D eigenvalue weighted by Gasteiger charge is -2.26. The topological polar surface area (TPSA) is 77.2 Å². The zero-order chi connectivity index (χ0) is 21.7.